The molecule has 0 radical (unpaired) electrons. The zero-order chi connectivity index (χ0) is 24.0. The number of methoxy groups -OCH3 is 1. The standard InChI is InChI=1S/C25H31FN6O2/c1-19(31-25(18-33-2)29-16-20-8-12-34-13-9-20)5-6-23(22-7-11-28-24(26)14-22)32-30-17-21-4-3-10-27-15-21/h3-7,10-11,14-15,20,30H,1,8-9,12-13,16-18H2,2H3,(H,29,31)/b6-5-,32-23+. The molecule has 1 aliphatic rings. The van der Waals surface area contributed by atoms with Gasteiger partial charge in [-0.15, -0.1) is 0 Å². The fourth-order valence-electron chi connectivity index (χ4n) is 3.31. The van der Waals surface area contributed by atoms with Crippen molar-refractivity contribution >= 4 is 11.5 Å². The molecule has 0 aliphatic carbocycles. The van der Waals surface area contributed by atoms with Crippen molar-refractivity contribution in [3.63, 3.8) is 0 Å². The van der Waals surface area contributed by atoms with Gasteiger partial charge in [0.25, 0.3) is 0 Å². The van der Waals surface area contributed by atoms with Crippen LogP contribution in [-0.4, -0.2) is 55.0 Å². The van der Waals surface area contributed by atoms with E-state index in [0.29, 0.717) is 48.4 Å². The molecule has 0 atom stereocenters. The van der Waals surface area contributed by atoms with E-state index in [9.17, 15) is 4.39 Å². The fraction of sp³-hybridized carbons (Fsp3) is 0.360. The Kier molecular flexibility index (Phi) is 10.4. The highest BCUT2D eigenvalue weighted by Gasteiger charge is 2.13. The molecular weight excluding hydrogens is 435 g/mol. The van der Waals surface area contributed by atoms with Gasteiger partial charge in [-0.1, -0.05) is 12.6 Å². The van der Waals surface area contributed by atoms with E-state index in [1.807, 2.05) is 12.1 Å². The van der Waals surface area contributed by atoms with Crippen molar-refractivity contribution in [3.8, 4) is 0 Å². The molecule has 9 heteroatoms. The molecule has 2 aromatic heterocycles. The van der Waals surface area contributed by atoms with Crippen LogP contribution in [0, 0.1) is 11.9 Å². The lowest BCUT2D eigenvalue weighted by Gasteiger charge is -2.20. The highest BCUT2D eigenvalue weighted by atomic mass is 19.1. The van der Waals surface area contributed by atoms with E-state index >= 15 is 0 Å². The van der Waals surface area contributed by atoms with E-state index in [-0.39, 0.29) is 0 Å². The third-order valence-corrected chi connectivity index (χ3v) is 5.14. The molecule has 2 aromatic rings. The number of hydrazone groups is 1. The number of rotatable bonds is 11. The first kappa shape index (κ1) is 25.2. The van der Waals surface area contributed by atoms with Crippen LogP contribution in [0.15, 0.2) is 77.4 Å². The lowest BCUT2D eigenvalue weighted by atomic mass is 10.0. The number of nitrogens with one attached hydrogen (secondary N) is 2. The lowest BCUT2D eigenvalue weighted by molar-refractivity contribution is 0.0689. The van der Waals surface area contributed by atoms with E-state index < -0.39 is 5.95 Å². The van der Waals surface area contributed by atoms with Crippen LogP contribution >= 0.6 is 0 Å². The second kappa shape index (κ2) is 14.0. The van der Waals surface area contributed by atoms with Crippen molar-refractivity contribution in [2.75, 3.05) is 33.5 Å². The summed E-state index contributed by atoms with van der Waals surface area (Å²) in [5.74, 6) is 0.634. The largest absolute Gasteiger partial charge is 0.381 e. The SMILES string of the molecule is C=C(/C=C\C(=N/NCc1cccnc1)c1ccnc(F)c1)NC(COC)=NCC1CCOCC1. The molecule has 0 bridgehead atoms. The van der Waals surface area contributed by atoms with Crippen molar-refractivity contribution in [1.82, 2.24) is 20.7 Å². The molecule has 34 heavy (non-hydrogen) atoms. The molecule has 0 saturated carbocycles. The minimum absolute atomic E-state index is 0.346. The summed E-state index contributed by atoms with van der Waals surface area (Å²) < 4.78 is 24.4. The average Bonchev–Trinajstić information content (AvgIpc) is 2.86. The van der Waals surface area contributed by atoms with Gasteiger partial charge in [-0.2, -0.15) is 9.49 Å². The zero-order valence-corrected chi connectivity index (χ0v) is 19.4. The third-order valence-electron chi connectivity index (χ3n) is 5.14. The summed E-state index contributed by atoms with van der Waals surface area (Å²) in [7, 11) is 1.63. The number of hydrogen-bond acceptors (Lipinski definition) is 7. The Morgan fingerprint density at radius 2 is 2.15 bits per heavy atom. The van der Waals surface area contributed by atoms with Crippen LogP contribution in [0.3, 0.4) is 0 Å². The lowest BCUT2D eigenvalue weighted by Crippen LogP contribution is -2.28. The number of aromatic nitrogens is 2. The molecule has 0 spiro atoms. The van der Waals surface area contributed by atoms with Crippen LogP contribution in [0.1, 0.15) is 24.0 Å². The number of amidine groups is 1. The van der Waals surface area contributed by atoms with E-state index in [0.717, 1.165) is 31.6 Å². The molecule has 0 aromatic carbocycles. The van der Waals surface area contributed by atoms with Crippen molar-refractivity contribution in [1.29, 1.82) is 0 Å². The molecule has 0 unspecified atom stereocenters. The Morgan fingerprint density at radius 3 is 2.88 bits per heavy atom. The maximum atomic E-state index is 13.7. The smallest absolute Gasteiger partial charge is 0.213 e. The number of allylic oxidation sites excluding steroid dienone is 2. The van der Waals surface area contributed by atoms with Gasteiger partial charge in [-0.25, -0.2) is 4.98 Å². The Bertz CT molecular complexity index is 1000. The Labute approximate surface area is 199 Å². The minimum atomic E-state index is -0.578. The van der Waals surface area contributed by atoms with Gasteiger partial charge in [0.05, 0.1) is 12.3 Å². The number of halogens is 1. The van der Waals surface area contributed by atoms with Crippen molar-refractivity contribution in [3.05, 3.63) is 84.4 Å². The monoisotopic (exact) mass is 466 g/mol. The van der Waals surface area contributed by atoms with Gasteiger partial charge >= 0.3 is 0 Å². The highest BCUT2D eigenvalue weighted by Crippen LogP contribution is 2.14. The Hall–Kier alpha value is -3.43. The highest BCUT2D eigenvalue weighted by molar-refractivity contribution is 6.08. The number of pyridine rings is 2. The Morgan fingerprint density at radius 1 is 1.29 bits per heavy atom. The van der Waals surface area contributed by atoms with Gasteiger partial charge in [0, 0.05) is 62.8 Å². The molecule has 2 N–H and O–H groups in total. The molecule has 8 nitrogen and oxygen atoms in total. The first-order valence-corrected chi connectivity index (χ1v) is 11.2. The Balaban J connectivity index is 1.66. The van der Waals surface area contributed by atoms with Crippen molar-refractivity contribution < 1.29 is 13.9 Å². The van der Waals surface area contributed by atoms with Crippen molar-refractivity contribution in [2.45, 2.75) is 19.4 Å². The topological polar surface area (TPSA) is 93.0 Å². The first-order valence-electron chi connectivity index (χ1n) is 11.2. The van der Waals surface area contributed by atoms with Gasteiger partial charge in [-0.3, -0.25) is 9.98 Å². The summed E-state index contributed by atoms with van der Waals surface area (Å²) in [4.78, 5) is 12.4. The van der Waals surface area contributed by atoms with E-state index in [2.05, 4.69) is 37.4 Å². The van der Waals surface area contributed by atoms with E-state index in [1.165, 1.54) is 12.3 Å². The van der Waals surface area contributed by atoms with Gasteiger partial charge < -0.3 is 20.2 Å². The summed E-state index contributed by atoms with van der Waals surface area (Å²) in [5, 5.41) is 7.64. The summed E-state index contributed by atoms with van der Waals surface area (Å²) in [6.45, 7) is 7.18. The minimum Gasteiger partial charge on any atom is -0.381 e. The van der Waals surface area contributed by atoms with Gasteiger partial charge in [0.15, 0.2) is 0 Å². The van der Waals surface area contributed by atoms with Crippen LogP contribution in [-0.2, 0) is 16.0 Å². The quantitative estimate of drug-likeness (QED) is 0.174. The number of nitrogens with zero attached hydrogens (tertiary/aromatic N) is 4. The summed E-state index contributed by atoms with van der Waals surface area (Å²) in [6, 6.07) is 6.83. The van der Waals surface area contributed by atoms with Crippen LogP contribution < -0.4 is 10.7 Å². The predicted octanol–water partition coefficient (Wildman–Crippen LogP) is 3.24. The predicted molar refractivity (Wildman–Crippen MR) is 131 cm³/mol. The summed E-state index contributed by atoms with van der Waals surface area (Å²) >= 11 is 0. The first-order chi connectivity index (χ1) is 16.6. The van der Waals surface area contributed by atoms with E-state index in [4.69, 9.17) is 9.47 Å². The molecule has 0 amide bonds. The number of ether oxygens (including phenoxy) is 2. The molecule has 1 aliphatic heterocycles. The van der Waals surface area contributed by atoms with Crippen LogP contribution in [0.5, 0.6) is 0 Å². The van der Waals surface area contributed by atoms with Gasteiger partial charge in [-0.05, 0) is 48.6 Å². The fourth-order valence-corrected chi connectivity index (χ4v) is 3.31. The molecule has 1 fully saturated rings. The second-order valence-electron chi connectivity index (χ2n) is 7.82. The zero-order valence-electron chi connectivity index (χ0n) is 19.4. The molecule has 3 heterocycles. The van der Waals surface area contributed by atoms with E-state index in [1.54, 1.807) is 37.7 Å². The van der Waals surface area contributed by atoms with Crippen molar-refractivity contribution in [2.24, 2.45) is 16.0 Å². The molecule has 3 rings (SSSR count). The summed E-state index contributed by atoms with van der Waals surface area (Å²) in [5.41, 5.74) is 5.71. The average molecular weight is 467 g/mol. The summed E-state index contributed by atoms with van der Waals surface area (Å²) in [6.07, 6.45) is 10.4. The number of hydrogen-bond donors (Lipinski definition) is 2. The molecule has 1 saturated heterocycles. The molecule has 180 valence electrons. The maximum absolute atomic E-state index is 13.7. The van der Waals surface area contributed by atoms with Gasteiger partial charge in [0.1, 0.15) is 12.4 Å². The normalized spacial score (nSPS) is 15.5. The number of aliphatic imine (C=N–C) groups is 1. The second-order valence-corrected chi connectivity index (χ2v) is 7.82. The van der Waals surface area contributed by atoms with Crippen LogP contribution in [0.2, 0.25) is 0 Å². The third kappa shape index (κ3) is 8.84. The maximum Gasteiger partial charge on any atom is 0.213 e. The van der Waals surface area contributed by atoms with Crippen LogP contribution in [0.4, 0.5) is 4.39 Å². The molecular formula is C25H31FN6O2. The van der Waals surface area contributed by atoms with Gasteiger partial charge in [0.2, 0.25) is 5.95 Å². The van der Waals surface area contributed by atoms with Crippen LogP contribution in [0.25, 0.3) is 0 Å².